The average molecular weight is 222 g/mol. The van der Waals surface area contributed by atoms with Crippen LogP contribution in [0.4, 0.5) is 0 Å². The first-order chi connectivity index (χ1) is 7.66. The van der Waals surface area contributed by atoms with E-state index in [4.69, 9.17) is 0 Å². The minimum Gasteiger partial charge on any atom is -0.350 e. The summed E-state index contributed by atoms with van der Waals surface area (Å²) in [6.45, 7) is 6.00. The van der Waals surface area contributed by atoms with Crippen LogP contribution in [0.1, 0.15) is 39.5 Å². The van der Waals surface area contributed by atoms with Crippen molar-refractivity contribution in [3.63, 3.8) is 0 Å². The molecule has 2 fully saturated rings. The van der Waals surface area contributed by atoms with Gasteiger partial charge in [-0.3, -0.25) is 4.79 Å². The number of nitrogens with one attached hydrogen (secondary N) is 2. The smallest absolute Gasteiger partial charge is 0.247 e. The van der Waals surface area contributed by atoms with Gasteiger partial charge in [0.15, 0.2) is 0 Å². The van der Waals surface area contributed by atoms with Crippen LogP contribution < -0.4 is 10.6 Å². The van der Waals surface area contributed by atoms with Crippen LogP contribution in [0.5, 0.6) is 0 Å². The minimum atomic E-state index is 0.149. The number of amides is 1. The highest BCUT2D eigenvalue weighted by Gasteiger charge is 2.22. The molecule has 2 atom stereocenters. The van der Waals surface area contributed by atoms with Crippen molar-refractivity contribution in [2.75, 3.05) is 13.1 Å². The van der Waals surface area contributed by atoms with Gasteiger partial charge in [-0.05, 0) is 31.3 Å². The fourth-order valence-corrected chi connectivity index (χ4v) is 2.53. The van der Waals surface area contributed by atoms with Crippen molar-refractivity contribution in [3.8, 4) is 0 Å². The first-order valence-corrected chi connectivity index (χ1v) is 6.37. The lowest BCUT2D eigenvalue weighted by atomic mass is 9.87. The van der Waals surface area contributed by atoms with Crippen LogP contribution in [0, 0.1) is 5.92 Å². The van der Waals surface area contributed by atoms with Gasteiger partial charge in [0.2, 0.25) is 5.91 Å². The summed E-state index contributed by atoms with van der Waals surface area (Å²) in [6.07, 6.45) is 4.86. The quantitative estimate of drug-likeness (QED) is 0.697. The molecular weight excluding hydrogens is 200 g/mol. The van der Waals surface area contributed by atoms with E-state index in [0.717, 1.165) is 37.4 Å². The highest BCUT2D eigenvalue weighted by Crippen LogP contribution is 2.23. The summed E-state index contributed by atoms with van der Waals surface area (Å²) in [5.41, 5.74) is 2.19. The van der Waals surface area contributed by atoms with Crippen LogP contribution in [0.15, 0.2) is 11.1 Å². The second kappa shape index (κ2) is 5.00. The summed E-state index contributed by atoms with van der Waals surface area (Å²) in [5.74, 6) is 0.910. The first-order valence-electron chi connectivity index (χ1n) is 6.37. The van der Waals surface area contributed by atoms with Crippen molar-refractivity contribution in [1.82, 2.24) is 10.6 Å². The van der Waals surface area contributed by atoms with Gasteiger partial charge in [-0.1, -0.05) is 19.8 Å². The molecule has 0 aromatic heterocycles. The van der Waals surface area contributed by atoms with Crippen molar-refractivity contribution in [3.05, 3.63) is 11.1 Å². The van der Waals surface area contributed by atoms with Crippen LogP contribution in [0.3, 0.4) is 0 Å². The van der Waals surface area contributed by atoms with Gasteiger partial charge in [-0.25, -0.2) is 0 Å². The topological polar surface area (TPSA) is 41.1 Å². The van der Waals surface area contributed by atoms with Gasteiger partial charge >= 0.3 is 0 Å². The van der Waals surface area contributed by atoms with E-state index < -0.39 is 0 Å². The molecule has 0 radical (unpaired) electrons. The lowest BCUT2D eigenvalue weighted by Crippen LogP contribution is -2.41. The Morgan fingerprint density at radius 1 is 1.38 bits per heavy atom. The number of carbonyl (C=O) groups is 1. The predicted octanol–water partition coefficient (Wildman–Crippen LogP) is 1.60. The molecule has 2 aliphatic rings. The van der Waals surface area contributed by atoms with E-state index >= 15 is 0 Å². The summed E-state index contributed by atoms with van der Waals surface area (Å²) in [4.78, 5) is 12.0. The van der Waals surface area contributed by atoms with E-state index in [1.54, 1.807) is 0 Å². The molecule has 2 rings (SSSR count). The second-order valence-electron chi connectivity index (χ2n) is 5.27. The third-order valence-corrected chi connectivity index (χ3v) is 3.82. The van der Waals surface area contributed by atoms with E-state index in [2.05, 4.69) is 17.6 Å². The number of carbonyl (C=O) groups excluding carboxylic acids is 1. The standard InChI is InChI=1S/C13H22N2O/c1-9-4-3-5-12(6-9)15-13(16)10(2)11-7-14-8-11/h9,12,14H,3-8H2,1-2H3,(H,15,16). The highest BCUT2D eigenvalue weighted by atomic mass is 16.1. The van der Waals surface area contributed by atoms with Crippen LogP contribution in [-0.4, -0.2) is 25.0 Å². The summed E-state index contributed by atoms with van der Waals surface area (Å²) in [6, 6.07) is 0.403. The van der Waals surface area contributed by atoms with Crippen molar-refractivity contribution in [2.24, 2.45) is 5.92 Å². The van der Waals surface area contributed by atoms with Gasteiger partial charge in [-0.2, -0.15) is 0 Å². The maximum atomic E-state index is 12.0. The van der Waals surface area contributed by atoms with E-state index in [0.29, 0.717) is 6.04 Å². The Labute approximate surface area is 97.7 Å². The molecule has 0 spiro atoms. The summed E-state index contributed by atoms with van der Waals surface area (Å²) in [7, 11) is 0. The summed E-state index contributed by atoms with van der Waals surface area (Å²) < 4.78 is 0. The van der Waals surface area contributed by atoms with E-state index in [9.17, 15) is 4.79 Å². The van der Waals surface area contributed by atoms with Gasteiger partial charge in [0.1, 0.15) is 0 Å². The van der Waals surface area contributed by atoms with Crippen LogP contribution in [0.2, 0.25) is 0 Å². The largest absolute Gasteiger partial charge is 0.350 e. The van der Waals surface area contributed by atoms with Crippen molar-refractivity contribution < 1.29 is 4.79 Å². The second-order valence-corrected chi connectivity index (χ2v) is 5.27. The third-order valence-electron chi connectivity index (χ3n) is 3.82. The Hall–Kier alpha value is -0.830. The lowest BCUT2D eigenvalue weighted by molar-refractivity contribution is -0.118. The van der Waals surface area contributed by atoms with E-state index in [1.807, 2.05) is 6.92 Å². The monoisotopic (exact) mass is 222 g/mol. The van der Waals surface area contributed by atoms with Crippen LogP contribution >= 0.6 is 0 Å². The zero-order valence-corrected chi connectivity index (χ0v) is 10.3. The van der Waals surface area contributed by atoms with Gasteiger partial charge in [-0.15, -0.1) is 0 Å². The third kappa shape index (κ3) is 2.64. The van der Waals surface area contributed by atoms with Gasteiger partial charge < -0.3 is 10.6 Å². The number of hydrogen-bond acceptors (Lipinski definition) is 2. The normalized spacial score (nSPS) is 29.5. The van der Waals surface area contributed by atoms with Crippen molar-refractivity contribution >= 4 is 5.91 Å². The molecule has 2 unspecified atom stereocenters. The Kier molecular flexibility index (Phi) is 3.64. The molecule has 1 heterocycles. The summed E-state index contributed by atoms with van der Waals surface area (Å²) >= 11 is 0. The molecule has 1 aliphatic carbocycles. The molecule has 90 valence electrons. The number of rotatable bonds is 2. The Morgan fingerprint density at radius 2 is 2.12 bits per heavy atom. The molecule has 0 aromatic carbocycles. The van der Waals surface area contributed by atoms with Gasteiger partial charge in [0, 0.05) is 24.7 Å². The molecule has 0 bridgehead atoms. The van der Waals surface area contributed by atoms with Gasteiger partial charge in [0.05, 0.1) is 0 Å². The maximum absolute atomic E-state index is 12.0. The van der Waals surface area contributed by atoms with Gasteiger partial charge in [0.25, 0.3) is 0 Å². The minimum absolute atomic E-state index is 0.149. The molecule has 3 heteroatoms. The Bertz CT molecular complexity index is 303. The maximum Gasteiger partial charge on any atom is 0.247 e. The highest BCUT2D eigenvalue weighted by molar-refractivity contribution is 5.94. The molecule has 2 N–H and O–H groups in total. The lowest BCUT2D eigenvalue weighted by Gasteiger charge is -2.28. The molecule has 3 nitrogen and oxygen atoms in total. The number of hydrogen-bond donors (Lipinski definition) is 2. The van der Waals surface area contributed by atoms with Crippen LogP contribution in [-0.2, 0) is 4.79 Å². The van der Waals surface area contributed by atoms with E-state index in [-0.39, 0.29) is 5.91 Å². The van der Waals surface area contributed by atoms with Crippen LogP contribution in [0.25, 0.3) is 0 Å². The molecule has 1 saturated heterocycles. The van der Waals surface area contributed by atoms with Crippen molar-refractivity contribution in [2.45, 2.75) is 45.6 Å². The first kappa shape index (κ1) is 11.6. The molecule has 0 aromatic rings. The van der Waals surface area contributed by atoms with Crippen molar-refractivity contribution in [1.29, 1.82) is 0 Å². The zero-order chi connectivity index (χ0) is 11.5. The molecule has 1 amide bonds. The molecule has 16 heavy (non-hydrogen) atoms. The SMILES string of the molecule is CC(C(=O)NC1CCCC(C)C1)=C1CNC1. The molecule has 1 saturated carbocycles. The molecular formula is C13H22N2O. The molecule has 1 aliphatic heterocycles. The zero-order valence-electron chi connectivity index (χ0n) is 10.3. The fourth-order valence-electron chi connectivity index (χ4n) is 2.53. The Morgan fingerprint density at radius 3 is 2.69 bits per heavy atom. The fraction of sp³-hybridized carbons (Fsp3) is 0.769. The summed E-state index contributed by atoms with van der Waals surface area (Å²) in [5, 5.41) is 6.34. The Balaban J connectivity index is 1.86. The average Bonchev–Trinajstić information content (AvgIpc) is 2.14. The predicted molar refractivity (Wildman–Crippen MR) is 65.1 cm³/mol. The van der Waals surface area contributed by atoms with E-state index in [1.165, 1.54) is 18.4 Å².